The topological polar surface area (TPSA) is 70.7 Å². The van der Waals surface area contributed by atoms with Crippen molar-refractivity contribution in [1.29, 1.82) is 0 Å². The molecule has 0 aliphatic heterocycles. The normalized spacial score (nSPS) is 10.4. The lowest BCUT2D eigenvalue weighted by atomic mass is 10.4. The van der Waals surface area contributed by atoms with E-state index in [9.17, 15) is 4.79 Å². The van der Waals surface area contributed by atoms with E-state index >= 15 is 0 Å². The lowest BCUT2D eigenvalue weighted by molar-refractivity contribution is 1.03. The number of aromatic amines is 1. The largest absolute Gasteiger partial charge is 0.363 e. The summed E-state index contributed by atoms with van der Waals surface area (Å²) in [6.07, 6.45) is 1.41. The zero-order valence-corrected chi connectivity index (χ0v) is 10.2. The minimum absolute atomic E-state index is 0.0939. The van der Waals surface area contributed by atoms with Crippen LogP contribution in [0.3, 0.4) is 0 Å². The highest BCUT2D eigenvalue weighted by Gasteiger charge is 2.04. The third kappa shape index (κ3) is 2.72. The molecule has 84 valence electrons. The molecule has 0 aliphatic carbocycles. The fourth-order valence-corrected chi connectivity index (χ4v) is 1.92. The molecule has 0 bridgehead atoms. The Bertz CT molecular complexity index is 553. The standard InChI is InChI=1S/C8H6Cl2N4OS/c9-5-2-12-7(10)14-6(5)11-1-4-3-16-8(15)13-4/h2-3H,1H2,(H,13,15)(H,11,12,14). The van der Waals surface area contributed by atoms with E-state index in [4.69, 9.17) is 23.2 Å². The van der Waals surface area contributed by atoms with E-state index in [0.29, 0.717) is 17.4 Å². The zero-order valence-electron chi connectivity index (χ0n) is 7.83. The SMILES string of the molecule is O=c1[nH]c(CNc2nc(Cl)ncc2Cl)cs1. The minimum atomic E-state index is -0.0939. The van der Waals surface area contributed by atoms with E-state index < -0.39 is 0 Å². The van der Waals surface area contributed by atoms with Crippen LogP contribution in [0.25, 0.3) is 0 Å². The summed E-state index contributed by atoms with van der Waals surface area (Å²) in [5, 5.41) is 5.17. The maximum absolute atomic E-state index is 10.9. The number of halogens is 2. The molecule has 5 nitrogen and oxygen atoms in total. The number of hydrogen-bond donors (Lipinski definition) is 2. The fourth-order valence-electron chi connectivity index (χ4n) is 1.05. The first-order chi connectivity index (χ1) is 7.65. The molecule has 0 aromatic carbocycles. The van der Waals surface area contributed by atoms with Crippen molar-refractivity contribution in [3.63, 3.8) is 0 Å². The van der Waals surface area contributed by atoms with E-state index in [1.54, 1.807) is 5.38 Å². The van der Waals surface area contributed by atoms with Gasteiger partial charge in [-0.3, -0.25) is 4.79 Å². The third-order valence-electron chi connectivity index (χ3n) is 1.73. The van der Waals surface area contributed by atoms with Crippen LogP contribution in [0.4, 0.5) is 5.82 Å². The highest BCUT2D eigenvalue weighted by atomic mass is 35.5. The maximum Gasteiger partial charge on any atom is 0.304 e. The highest BCUT2D eigenvalue weighted by molar-refractivity contribution is 7.07. The van der Waals surface area contributed by atoms with Gasteiger partial charge < -0.3 is 10.3 Å². The van der Waals surface area contributed by atoms with Gasteiger partial charge in [-0.1, -0.05) is 22.9 Å². The van der Waals surface area contributed by atoms with Gasteiger partial charge in [-0.25, -0.2) is 4.98 Å². The molecule has 0 fully saturated rings. The van der Waals surface area contributed by atoms with Gasteiger partial charge in [0.2, 0.25) is 5.28 Å². The predicted molar refractivity (Wildman–Crippen MR) is 64.3 cm³/mol. The molecule has 0 spiro atoms. The molecule has 0 aliphatic rings. The first kappa shape index (κ1) is 11.4. The van der Waals surface area contributed by atoms with Crippen LogP contribution in [0.2, 0.25) is 10.3 Å². The number of nitrogens with zero attached hydrogens (tertiary/aromatic N) is 2. The van der Waals surface area contributed by atoms with Gasteiger partial charge in [-0.15, -0.1) is 0 Å². The average Bonchev–Trinajstić information content (AvgIpc) is 2.66. The maximum atomic E-state index is 10.9. The second-order valence-corrected chi connectivity index (χ2v) is 4.45. The molecule has 2 aromatic heterocycles. The Morgan fingerprint density at radius 1 is 1.50 bits per heavy atom. The van der Waals surface area contributed by atoms with Crippen molar-refractivity contribution < 1.29 is 0 Å². The van der Waals surface area contributed by atoms with Crippen molar-refractivity contribution in [3.05, 3.63) is 37.2 Å². The lowest BCUT2D eigenvalue weighted by Crippen LogP contribution is -2.05. The van der Waals surface area contributed by atoms with Crippen molar-refractivity contribution in [2.75, 3.05) is 5.32 Å². The van der Waals surface area contributed by atoms with E-state index in [2.05, 4.69) is 20.3 Å². The molecule has 8 heteroatoms. The third-order valence-corrected chi connectivity index (χ3v) is 2.91. The van der Waals surface area contributed by atoms with E-state index in [0.717, 1.165) is 17.0 Å². The predicted octanol–water partition coefficient (Wildman–Crippen LogP) is 2.15. The second-order valence-electron chi connectivity index (χ2n) is 2.86. The Labute approximate surface area is 104 Å². The van der Waals surface area contributed by atoms with Gasteiger partial charge >= 0.3 is 4.87 Å². The summed E-state index contributed by atoms with van der Waals surface area (Å²) < 4.78 is 0. The van der Waals surface area contributed by atoms with Gasteiger partial charge in [0.25, 0.3) is 0 Å². The Hall–Kier alpha value is -1.11. The minimum Gasteiger partial charge on any atom is -0.363 e. The van der Waals surface area contributed by atoms with Crippen molar-refractivity contribution in [2.24, 2.45) is 0 Å². The highest BCUT2D eigenvalue weighted by Crippen LogP contribution is 2.19. The van der Waals surface area contributed by atoms with Crippen LogP contribution in [0.15, 0.2) is 16.4 Å². The summed E-state index contributed by atoms with van der Waals surface area (Å²) in [6.45, 7) is 0.422. The fraction of sp³-hybridized carbons (Fsp3) is 0.125. The summed E-state index contributed by atoms with van der Waals surface area (Å²) in [5.41, 5.74) is 0.765. The summed E-state index contributed by atoms with van der Waals surface area (Å²) in [4.78, 5) is 21.1. The number of H-pyrrole nitrogens is 1. The Morgan fingerprint density at radius 2 is 2.31 bits per heavy atom. The van der Waals surface area contributed by atoms with Gasteiger partial charge in [0.1, 0.15) is 10.8 Å². The van der Waals surface area contributed by atoms with Gasteiger partial charge in [0.15, 0.2) is 0 Å². The number of nitrogens with one attached hydrogen (secondary N) is 2. The van der Waals surface area contributed by atoms with Crippen LogP contribution >= 0.6 is 34.5 Å². The van der Waals surface area contributed by atoms with Crippen LogP contribution in [-0.2, 0) is 6.54 Å². The van der Waals surface area contributed by atoms with Crippen LogP contribution in [-0.4, -0.2) is 15.0 Å². The van der Waals surface area contributed by atoms with Crippen LogP contribution in [0, 0.1) is 0 Å². The van der Waals surface area contributed by atoms with E-state index in [1.807, 2.05) is 0 Å². The van der Waals surface area contributed by atoms with Crippen LogP contribution in [0.1, 0.15) is 5.69 Å². The molecular weight excluding hydrogens is 271 g/mol. The molecule has 2 heterocycles. The Balaban J connectivity index is 2.10. The Kier molecular flexibility index (Phi) is 3.42. The number of hydrogen-bond acceptors (Lipinski definition) is 5. The molecule has 16 heavy (non-hydrogen) atoms. The van der Waals surface area contributed by atoms with Gasteiger partial charge in [0, 0.05) is 11.1 Å². The zero-order chi connectivity index (χ0) is 11.5. The molecule has 0 atom stereocenters. The first-order valence-electron chi connectivity index (χ1n) is 4.24. The van der Waals surface area contributed by atoms with E-state index in [-0.39, 0.29) is 10.2 Å². The van der Waals surface area contributed by atoms with Crippen molar-refractivity contribution in [1.82, 2.24) is 15.0 Å². The molecule has 2 aromatic rings. The summed E-state index contributed by atoms with van der Waals surface area (Å²) in [5.74, 6) is 0.439. The van der Waals surface area contributed by atoms with Gasteiger partial charge in [0.05, 0.1) is 12.7 Å². The molecule has 0 saturated heterocycles. The molecule has 2 rings (SSSR count). The van der Waals surface area contributed by atoms with E-state index in [1.165, 1.54) is 6.20 Å². The number of anilines is 1. The first-order valence-corrected chi connectivity index (χ1v) is 5.87. The van der Waals surface area contributed by atoms with Crippen molar-refractivity contribution in [3.8, 4) is 0 Å². The van der Waals surface area contributed by atoms with Crippen LogP contribution < -0.4 is 10.2 Å². The molecule has 2 N–H and O–H groups in total. The van der Waals surface area contributed by atoms with Crippen LogP contribution in [0.5, 0.6) is 0 Å². The number of thiazole rings is 1. The van der Waals surface area contributed by atoms with Crippen molar-refractivity contribution >= 4 is 40.4 Å². The lowest BCUT2D eigenvalue weighted by Gasteiger charge is -2.05. The monoisotopic (exact) mass is 276 g/mol. The molecule has 0 unspecified atom stereocenters. The molecule has 0 amide bonds. The molecule has 0 radical (unpaired) electrons. The average molecular weight is 277 g/mol. The summed E-state index contributed by atoms with van der Waals surface area (Å²) in [6, 6.07) is 0. The number of aromatic nitrogens is 3. The molecule has 0 saturated carbocycles. The molecular formula is C8H6Cl2N4OS. The number of rotatable bonds is 3. The quantitative estimate of drug-likeness (QED) is 0.843. The second kappa shape index (κ2) is 4.82. The van der Waals surface area contributed by atoms with Crippen molar-refractivity contribution in [2.45, 2.75) is 6.54 Å². The van der Waals surface area contributed by atoms with Gasteiger partial charge in [-0.2, -0.15) is 4.98 Å². The van der Waals surface area contributed by atoms with Gasteiger partial charge in [-0.05, 0) is 11.6 Å². The summed E-state index contributed by atoms with van der Waals surface area (Å²) in [7, 11) is 0. The Morgan fingerprint density at radius 3 is 3.00 bits per heavy atom. The summed E-state index contributed by atoms with van der Waals surface area (Å²) >= 11 is 12.6. The smallest absolute Gasteiger partial charge is 0.304 e.